The highest BCUT2D eigenvalue weighted by Gasteiger charge is 2.05. The van der Waals surface area contributed by atoms with Gasteiger partial charge in [-0.05, 0) is 5.56 Å². The molecular formula is C14H13N3. The van der Waals surface area contributed by atoms with E-state index in [0.29, 0.717) is 0 Å². The van der Waals surface area contributed by atoms with Crippen LogP contribution in [0.4, 0.5) is 0 Å². The van der Waals surface area contributed by atoms with E-state index in [1.165, 1.54) is 5.56 Å². The molecule has 0 aliphatic heterocycles. The smallest absolute Gasteiger partial charge is 0.175 e. The van der Waals surface area contributed by atoms with Crippen LogP contribution in [0.3, 0.4) is 0 Å². The normalized spacial score (nSPS) is 10.6. The van der Waals surface area contributed by atoms with Crippen molar-refractivity contribution in [3.8, 4) is 11.4 Å². The minimum Gasteiger partial charge on any atom is -0.263 e. The van der Waals surface area contributed by atoms with Crippen molar-refractivity contribution in [1.82, 2.24) is 15.0 Å². The highest BCUT2D eigenvalue weighted by atomic mass is 15.5. The first-order chi connectivity index (χ1) is 8.42. The van der Waals surface area contributed by atoms with Crippen LogP contribution in [0, 0.1) is 0 Å². The molecule has 0 aliphatic carbocycles. The maximum atomic E-state index is 4.43. The Morgan fingerprint density at radius 2 is 1.47 bits per heavy atom. The Morgan fingerprint density at radius 1 is 0.882 bits per heavy atom. The Labute approximate surface area is 99.7 Å². The van der Waals surface area contributed by atoms with Gasteiger partial charge in [0.1, 0.15) is 0 Å². The average Bonchev–Trinajstić information content (AvgIpc) is 2.36. The van der Waals surface area contributed by atoms with Gasteiger partial charge in [0.25, 0.3) is 0 Å². The Balaban J connectivity index is 1.73. The van der Waals surface area contributed by atoms with E-state index in [4.69, 9.17) is 0 Å². The molecule has 0 saturated carbocycles. The second-order valence-corrected chi connectivity index (χ2v) is 3.97. The summed E-state index contributed by atoms with van der Waals surface area (Å²) in [6.07, 6.45) is 0. The van der Waals surface area contributed by atoms with Gasteiger partial charge in [0.2, 0.25) is 0 Å². The third-order valence-electron chi connectivity index (χ3n) is 2.68. The molecule has 3 nitrogen and oxygen atoms in total. The number of rotatable bonds is 3. The van der Waals surface area contributed by atoms with Gasteiger partial charge in [-0.1, -0.05) is 60.7 Å². The van der Waals surface area contributed by atoms with E-state index in [9.17, 15) is 0 Å². The standard InChI is InChI=1S/C14H13N3/c1-3-7-12(8-4-1)11-17-15-14(16-17)13-9-5-2-6-10-13/h1-10H,11H2,(H,15,16). The summed E-state index contributed by atoms with van der Waals surface area (Å²) in [6.45, 7) is 0.789. The van der Waals surface area contributed by atoms with Crippen molar-refractivity contribution >= 4 is 0 Å². The van der Waals surface area contributed by atoms with Crippen LogP contribution in [0.2, 0.25) is 0 Å². The molecule has 1 N–H and O–H groups in total. The molecule has 0 saturated heterocycles. The molecule has 1 aromatic heterocycles. The summed E-state index contributed by atoms with van der Waals surface area (Å²) in [6, 6.07) is 20.4. The SMILES string of the molecule is c1ccc(Cn2nc(-c3ccccc3)[nH]2)cc1. The van der Waals surface area contributed by atoms with E-state index < -0.39 is 0 Å². The summed E-state index contributed by atoms with van der Waals surface area (Å²) in [5.74, 6) is 0.932. The molecule has 0 amide bonds. The molecule has 3 rings (SSSR count). The number of nitrogens with one attached hydrogen (secondary N) is 1. The first-order valence-corrected chi connectivity index (χ1v) is 5.64. The third kappa shape index (κ3) is 2.13. The van der Waals surface area contributed by atoms with Crippen LogP contribution in [-0.4, -0.2) is 15.0 Å². The fraction of sp³-hybridized carbons (Fsp3) is 0.0714. The number of aromatic nitrogens is 3. The maximum absolute atomic E-state index is 4.43. The predicted octanol–water partition coefficient (Wildman–Crippen LogP) is 2.93. The highest BCUT2D eigenvalue weighted by molar-refractivity contribution is 5.53. The van der Waals surface area contributed by atoms with Crippen LogP contribution in [0.1, 0.15) is 5.56 Å². The van der Waals surface area contributed by atoms with Crippen molar-refractivity contribution in [2.75, 3.05) is 0 Å². The van der Waals surface area contributed by atoms with Crippen LogP contribution in [0.15, 0.2) is 60.7 Å². The zero-order chi connectivity index (χ0) is 11.5. The quantitative estimate of drug-likeness (QED) is 0.727. The lowest BCUT2D eigenvalue weighted by Crippen LogP contribution is -2.17. The van der Waals surface area contributed by atoms with Crippen LogP contribution in [0.25, 0.3) is 11.4 Å². The predicted molar refractivity (Wildman–Crippen MR) is 67.6 cm³/mol. The van der Waals surface area contributed by atoms with Gasteiger partial charge in [-0.15, -0.1) is 5.10 Å². The molecule has 0 unspecified atom stereocenters. The molecule has 2 aromatic carbocycles. The minimum atomic E-state index is 0.789. The summed E-state index contributed by atoms with van der Waals surface area (Å²) in [5, 5.41) is 7.65. The van der Waals surface area contributed by atoms with Gasteiger partial charge in [0.05, 0.1) is 6.54 Å². The number of nitrogens with zero attached hydrogens (tertiary/aromatic N) is 2. The zero-order valence-electron chi connectivity index (χ0n) is 9.38. The molecule has 3 heteroatoms. The summed E-state index contributed by atoms with van der Waals surface area (Å²) >= 11 is 0. The minimum absolute atomic E-state index is 0.789. The molecule has 0 aliphatic rings. The molecule has 84 valence electrons. The van der Waals surface area contributed by atoms with Crippen LogP contribution in [0.5, 0.6) is 0 Å². The first kappa shape index (κ1) is 9.90. The van der Waals surface area contributed by atoms with Crippen molar-refractivity contribution in [2.24, 2.45) is 0 Å². The third-order valence-corrected chi connectivity index (χ3v) is 2.68. The van der Waals surface area contributed by atoms with Gasteiger partial charge >= 0.3 is 0 Å². The molecule has 0 spiro atoms. The number of H-pyrrole nitrogens is 1. The van der Waals surface area contributed by atoms with Gasteiger partial charge in [-0.2, -0.15) is 4.80 Å². The van der Waals surface area contributed by atoms with Gasteiger partial charge in [0, 0.05) is 5.56 Å². The zero-order valence-corrected chi connectivity index (χ0v) is 9.38. The van der Waals surface area contributed by atoms with E-state index >= 15 is 0 Å². The molecule has 0 bridgehead atoms. The Kier molecular flexibility index (Phi) is 2.50. The lowest BCUT2D eigenvalue weighted by molar-refractivity contribution is 0.509. The number of benzene rings is 2. The molecule has 17 heavy (non-hydrogen) atoms. The fourth-order valence-corrected chi connectivity index (χ4v) is 1.80. The summed E-state index contributed by atoms with van der Waals surface area (Å²) in [7, 11) is 0. The summed E-state index contributed by atoms with van der Waals surface area (Å²) in [5.41, 5.74) is 2.37. The Bertz CT molecular complexity index is 566. The lowest BCUT2D eigenvalue weighted by Gasteiger charge is -2.13. The van der Waals surface area contributed by atoms with Crippen LogP contribution in [-0.2, 0) is 6.54 Å². The topological polar surface area (TPSA) is 33.6 Å². The van der Waals surface area contributed by atoms with Crippen molar-refractivity contribution < 1.29 is 0 Å². The van der Waals surface area contributed by atoms with E-state index in [1.54, 1.807) is 0 Å². The monoisotopic (exact) mass is 223 g/mol. The number of hydrogen-bond acceptors (Lipinski definition) is 1. The largest absolute Gasteiger partial charge is 0.263 e. The van der Waals surface area contributed by atoms with Gasteiger partial charge in [-0.3, -0.25) is 5.10 Å². The van der Waals surface area contributed by atoms with Crippen molar-refractivity contribution in [3.05, 3.63) is 66.2 Å². The number of hydrogen-bond donors (Lipinski definition) is 1. The summed E-state index contributed by atoms with van der Waals surface area (Å²) < 4.78 is 0. The number of aromatic amines is 1. The molecular weight excluding hydrogens is 210 g/mol. The van der Waals surface area contributed by atoms with E-state index in [2.05, 4.69) is 22.3 Å². The molecule has 3 aromatic rings. The van der Waals surface area contributed by atoms with E-state index in [0.717, 1.165) is 17.9 Å². The van der Waals surface area contributed by atoms with Crippen LogP contribution < -0.4 is 0 Å². The van der Waals surface area contributed by atoms with Crippen LogP contribution >= 0.6 is 0 Å². The first-order valence-electron chi connectivity index (χ1n) is 5.64. The molecule has 0 fully saturated rings. The molecule has 1 heterocycles. The van der Waals surface area contributed by atoms with Gasteiger partial charge in [0.15, 0.2) is 5.82 Å². The molecule has 0 atom stereocenters. The van der Waals surface area contributed by atoms with Gasteiger partial charge in [-0.25, -0.2) is 0 Å². The Hall–Kier alpha value is -2.29. The van der Waals surface area contributed by atoms with Gasteiger partial charge < -0.3 is 0 Å². The van der Waals surface area contributed by atoms with E-state index in [1.807, 2.05) is 53.3 Å². The highest BCUT2D eigenvalue weighted by Crippen LogP contribution is 2.14. The van der Waals surface area contributed by atoms with E-state index in [-0.39, 0.29) is 0 Å². The average molecular weight is 223 g/mol. The molecule has 0 radical (unpaired) electrons. The van der Waals surface area contributed by atoms with Crippen molar-refractivity contribution in [3.63, 3.8) is 0 Å². The van der Waals surface area contributed by atoms with Crippen molar-refractivity contribution in [1.29, 1.82) is 0 Å². The maximum Gasteiger partial charge on any atom is 0.175 e. The second kappa shape index (κ2) is 4.29. The van der Waals surface area contributed by atoms with Crippen molar-refractivity contribution in [2.45, 2.75) is 6.54 Å². The Morgan fingerprint density at radius 3 is 2.12 bits per heavy atom. The lowest BCUT2D eigenvalue weighted by atomic mass is 10.2. The fourth-order valence-electron chi connectivity index (χ4n) is 1.80. The second-order valence-electron chi connectivity index (χ2n) is 3.97. The summed E-state index contributed by atoms with van der Waals surface area (Å²) in [4.78, 5) is 1.84.